The maximum Gasteiger partial charge on any atom is 0.323 e. The number of nitrogens with two attached hydrogens (primary N) is 1. The molecule has 2 atom stereocenters. The largest absolute Gasteiger partial charge is 0.480 e. The summed E-state index contributed by atoms with van der Waals surface area (Å²) in [5.74, 6) is -2.36. The number of aliphatic hydroxyl groups is 1. The first-order valence-corrected chi connectivity index (χ1v) is 4.70. The van der Waals surface area contributed by atoms with Gasteiger partial charge in [0.1, 0.15) is 12.1 Å². The summed E-state index contributed by atoms with van der Waals surface area (Å²) >= 11 is 3.02. The van der Waals surface area contributed by atoms with Crippen LogP contribution in [0.3, 0.4) is 0 Å². The molecule has 0 aliphatic carbocycles. The lowest BCUT2D eigenvalue weighted by molar-refractivity contribution is -0.141. The molecule has 0 aliphatic heterocycles. The molecule has 0 amide bonds. The van der Waals surface area contributed by atoms with Crippen LogP contribution in [0.1, 0.15) is 11.7 Å². The van der Waals surface area contributed by atoms with E-state index in [1.165, 1.54) is 12.3 Å². The fourth-order valence-electron chi connectivity index (χ4n) is 0.974. The van der Waals surface area contributed by atoms with E-state index in [1.807, 2.05) is 0 Å². The molecule has 4 N–H and O–H groups in total. The minimum absolute atomic E-state index is 0.251. The Balaban J connectivity index is 3.04. The van der Waals surface area contributed by atoms with Crippen molar-refractivity contribution in [3.63, 3.8) is 0 Å². The highest BCUT2D eigenvalue weighted by Gasteiger charge is 2.26. The van der Waals surface area contributed by atoms with Crippen molar-refractivity contribution in [3.8, 4) is 0 Å². The molecule has 5 nitrogen and oxygen atoms in total. The fraction of sp³-hybridized carbons (Fsp3) is 0.250. The highest BCUT2D eigenvalue weighted by Crippen LogP contribution is 2.21. The van der Waals surface area contributed by atoms with Crippen LogP contribution in [0.2, 0.25) is 0 Å². The number of rotatable bonds is 3. The number of hydrogen-bond donors (Lipinski definition) is 3. The van der Waals surface area contributed by atoms with Gasteiger partial charge in [-0.3, -0.25) is 4.79 Å². The monoisotopic (exact) mass is 278 g/mol. The highest BCUT2D eigenvalue weighted by atomic mass is 79.9. The molecule has 1 heterocycles. The van der Waals surface area contributed by atoms with Gasteiger partial charge in [0.25, 0.3) is 0 Å². The number of pyridine rings is 1. The van der Waals surface area contributed by atoms with E-state index in [0.717, 1.165) is 0 Å². The molecule has 0 aliphatic rings. The van der Waals surface area contributed by atoms with E-state index in [-0.39, 0.29) is 5.56 Å². The van der Waals surface area contributed by atoms with Gasteiger partial charge in [-0.2, -0.15) is 4.39 Å². The minimum Gasteiger partial charge on any atom is -0.480 e. The van der Waals surface area contributed by atoms with E-state index in [2.05, 4.69) is 20.9 Å². The van der Waals surface area contributed by atoms with Crippen molar-refractivity contribution < 1.29 is 19.4 Å². The quantitative estimate of drug-likeness (QED) is 0.697. The normalized spacial score (nSPS) is 14.7. The maximum absolute atomic E-state index is 13.1. The second-order valence-corrected chi connectivity index (χ2v) is 3.76. The van der Waals surface area contributed by atoms with Crippen LogP contribution in [0, 0.1) is 5.95 Å². The molecular formula is C8H8BrFN2O3. The molecule has 1 aromatic heterocycles. The molecule has 1 aromatic rings. The molecule has 82 valence electrons. The Hall–Kier alpha value is -1.05. The van der Waals surface area contributed by atoms with Crippen LogP contribution in [0.15, 0.2) is 16.7 Å². The third-order valence-electron chi connectivity index (χ3n) is 1.78. The Kier molecular flexibility index (Phi) is 3.72. The molecular weight excluding hydrogens is 271 g/mol. The zero-order chi connectivity index (χ0) is 11.6. The van der Waals surface area contributed by atoms with Crippen LogP contribution in [-0.2, 0) is 4.79 Å². The van der Waals surface area contributed by atoms with Gasteiger partial charge >= 0.3 is 5.97 Å². The molecule has 2 unspecified atom stereocenters. The van der Waals surface area contributed by atoms with Crippen molar-refractivity contribution in [1.29, 1.82) is 0 Å². The van der Waals surface area contributed by atoms with Gasteiger partial charge in [0.05, 0.1) is 0 Å². The number of carboxylic acid groups (broad SMARTS) is 1. The molecule has 1 rings (SSSR count). The summed E-state index contributed by atoms with van der Waals surface area (Å²) in [5, 5.41) is 18.0. The predicted molar refractivity (Wildman–Crippen MR) is 52.5 cm³/mol. The lowest BCUT2D eigenvalue weighted by Gasteiger charge is -2.15. The number of aliphatic carboxylic acids is 1. The van der Waals surface area contributed by atoms with E-state index < -0.39 is 24.1 Å². The summed E-state index contributed by atoms with van der Waals surface area (Å²) in [5.41, 5.74) is 4.90. The standard InChI is InChI=1S/C8H8BrFN2O3/c9-3-1-4(7(10)12-2-3)6(13)5(11)8(14)15/h1-2,5-6,13H,11H2,(H,14,15). The van der Waals surface area contributed by atoms with Gasteiger partial charge in [0.15, 0.2) is 0 Å². The van der Waals surface area contributed by atoms with E-state index in [4.69, 9.17) is 10.8 Å². The average molecular weight is 279 g/mol. The van der Waals surface area contributed by atoms with E-state index >= 15 is 0 Å². The fourth-order valence-corrected chi connectivity index (χ4v) is 1.32. The van der Waals surface area contributed by atoms with Gasteiger partial charge < -0.3 is 15.9 Å². The first-order chi connectivity index (χ1) is 6.93. The zero-order valence-electron chi connectivity index (χ0n) is 7.39. The molecule has 0 saturated carbocycles. The van der Waals surface area contributed by atoms with Crippen LogP contribution in [-0.4, -0.2) is 27.2 Å². The maximum atomic E-state index is 13.1. The van der Waals surface area contributed by atoms with Crippen molar-refractivity contribution in [3.05, 3.63) is 28.2 Å². The lowest BCUT2D eigenvalue weighted by Crippen LogP contribution is -2.37. The number of aromatic nitrogens is 1. The molecule has 0 aromatic carbocycles. The van der Waals surface area contributed by atoms with Gasteiger partial charge in [-0.1, -0.05) is 0 Å². The molecule has 0 bridgehead atoms. The first kappa shape index (κ1) is 12.0. The van der Waals surface area contributed by atoms with Crippen molar-refractivity contribution >= 4 is 21.9 Å². The van der Waals surface area contributed by atoms with Gasteiger partial charge in [-0.05, 0) is 22.0 Å². The van der Waals surface area contributed by atoms with Crippen LogP contribution >= 0.6 is 15.9 Å². The van der Waals surface area contributed by atoms with Crippen molar-refractivity contribution in [1.82, 2.24) is 4.98 Å². The third kappa shape index (κ3) is 2.71. The van der Waals surface area contributed by atoms with Crippen LogP contribution in [0.25, 0.3) is 0 Å². The van der Waals surface area contributed by atoms with Gasteiger partial charge in [-0.25, -0.2) is 4.98 Å². The summed E-state index contributed by atoms with van der Waals surface area (Å²) in [7, 11) is 0. The lowest BCUT2D eigenvalue weighted by atomic mass is 10.1. The molecule has 0 radical (unpaired) electrons. The average Bonchev–Trinajstić information content (AvgIpc) is 2.19. The second-order valence-electron chi connectivity index (χ2n) is 2.84. The number of halogens is 2. The Morgan fingerprint density at radius 2 is 2.27 bits per heavy atom. The summed E-state index contributed by atoms with van der Waals surface area (Å²) in [6, 6.07) is -0.355. The van der Waals surface area contributed by atoms with Crippen molar-refractivity contribution in [2.24, 2.45) is 5.73 Å². The number of carboxylic acids is 1. The van der Waals surface area contributed by atoms with Gasteiger partial charge in [0, 0.05) is 16.2 Å². The summed E-state index contributed by atoms with van der Waals surface area (Å²) in [6.45, 7) is 0. The topological polar surface area (TPSA) is 96.4 Å². The number of aliphatic hydroxyl groups excluding tert-OH is 1. The summed E-state index contributed by atoms with van der Waals surface area (Å²) in [6.07, 6.45) is -0.440. The third-order valence-corrected chi connectivity index (χ3v) is 2.21. The van der Waals surface area contributed by atoms with Crippen LogP contribution in [0.4, 0.5) is 4.39 Å². The Morgan fingerprint density at radius 1 is 1.67 bits per heavy atom. The SMILES string of the molecule is NC(C(=O)O)C(O)c1cc(Br)cnc1F. The van der Waals surface area contributed by atoms with Crippen molar-refractivity contribution in [2.45, 2.75) is 12.1 Å². The Bertz CT molecular complexity index is 388. The Morgan fingerprint density at radius 3 is 2.80 bits per heavy atom. The van der Waals surface area contributed by atoms with E-state index in [0.29, 0.717) is 4.47 Å². The number of hydrogen-bond acceptors (Lipinski definition) is 4. The minimum atomic E-state index is -1.63. The van der Waals surface area contributed by atoms with Crippen LogP contribution in [0.5, 0.6) is 0 Å². The molecule has 7 heteroatoms. The number of carbonyl (C=O) groups is 1. The Labute approximate surface area is 92.9 Å². The molecule has 0 spiro atoms. The smallest absolute Gasteiger partial charge is 0.323 e. The second kappa shape index (κ2) is 4.65. The molecule has 0 fully saturated rings. The van der Waals surface area contributed by atoms with Gasteiger partial charge in [-0.15, -0.1) is 0 Å². The van der Waals surface area contributed by atoms with E-state index in [9.17, 15) is 14.3 Å². The van der Waals surface area contributed by atoms with Crippen LogP contribution < -0.4 is 5.73 Å². The predicted octanol–water partition coefficient (Wildman–Crippen LogP) is 0.428. The van der Waals surface area contributed by atoms with Gasteiger partial charge in [0.2, 0.25) is 5.95 Å². The molecule has 15 heavy (non-hydrogen) atoms. The number of nitrogens with zero attached hydrogens (tertiary/aromatic N) is 1. The van der Waals surface area contributed by atoms with E-state index in [1.54, 1.807) is 0 Å². The van der Waals surface area contributed by atoms with Crippen molar-refractivity contribution in [2.75, 3.05) is 0 Å². The summed E-state index contributed by atoms with van der Waals surface area (Å²) in [4.78, 5) is 13.8. The highest BCUT2D eigenvalue weighted by molar-refractivity contribution is 9.10. The summed E-state index contributed by atoms with van der Waals surface area (Å²) < 4.78 is 13.5. The molecule has 0 saturated heterocycles. The zero-order valence-corrected chi connectivity index (χ0v) is 8.98. The first-order valence-electron chi connectivity index (χ1n) is 3.91.